The van der Waals surface area contributed by atoms with Crippen LogP contribution in [0.4, 0.5) is 25.2 Å². The van der Waals surface area contributed by atoms with Gasteiger partial charge in [0.15, 0.2) is 0 Å². The molecule has 0 bridgehead atoms. The van der Waals surface area contributed by atoms with Crippen LogP contribution in [0.25, 0.3) is 11.1 Å². The Bertz CT molecular complexity index is 1360. The lowest BCUT2D eigenvalue weighted by Crippen LogP contribution is -2.24. The first-order valence-corrected chi connectivity index (χ1v) is 11.1. The van der Waals surface area contributed by atoms with Gasteiger partial charge in [-0.1, -0.05) is 24.3 Å². The van der Waals surface area contributed by atoms with Gasteiger partial charge in [-0.3, -0.25) is 10.1 Å². The van der Waals surface area contributed by atoms with Crippen molar-refractivity contribution in [3.8, 4) is 11.1 Å². The molecule has 0 aliphatic rings. The van der Waals surface area contributed by atoms with Crippen molar-refractivity contribution in [1.29, 1.82) is 0 Å². The summed E-state index contributed by atoms with van der Waals surface area (Å²) in [5.74, 6) is -1.75. The zero-order chi connectivity index (χ0) is 24.1. The summed E-state index contributed by atoms with van der Waals surface area (Å²) in [6.07, 6.45) is 3.20. The highest BCUT2D eigenvalue weighted by atomic mass is 32.1. The fraction of sp³-hybridized carbons (Fsp3) is 0.130. The smallest absolute Gasteiger partial charge is 0.326 e. The molecule has 2 aromatic carbocycles. The van der Waals surface area contributed by atoms with Gasteiger partial charge in [0.1, 0.15) is 16.6 Å². The summed E-state index contributed by atoms with van der Waals surface area (Å²) < 4.78 is 27.2. The van der Waals surface area contributed by atoms with Crippen molar-refractivity contribution in [2.24, 2.45) is 0 Å². The topological polar surface area (TPSA) is 112 Å². The Labute approximate surface area is 197 Å². The lowest BCUT2D eigenvalue weighted by atomic mass is 10.1. The maximum atomic E-state index is 13.8. The Hall–Kier alpha value is -3.96. The monoisotopic (exact) mass is 482 g/mol. The van der Waals surface area contributed by atoms with E-state index in [1.54, 1.807) is 17.5 Å². The van der Waals surface area contributed by atoms with E-state index in [-0.39, 0.29) is 17.2 Å². The van der Waals surface area contributed by atoms with Crippen LogP contribution in [0.15, 0.2) is 59.0 Å². The summed E-state index contributed by atoms with van der Waals surface area (Å²) in [4.78, 5) is 35.4. The Kier molecular flexibility index (Phi) is 7.04. The van der Waals surface area contributed by atoms with E-state index in [0.717, 1.165) is 10.6 Å². The molecule has 0 saturated heterocycles. The molecular formula is C23H20F2N6O2S. The van der Waals surface area contributed by atoms with E-state index in [1.165, 1.54) is 19.2 Å². The lowest BCUT2D eigenvalue weighted by molar-refractivity contribution is 0.262. The molecule has 0 unspecified atom stereocenters. The summed E-state index contributed by atoms with van der Waals surface area (Å²) in [5.41, 5.74) is 1.46. The molecule has 11 heteroatoms. The van der Waals surface area contributed by atoms with Crippen LogP contribution in [0.1, 0.15) is 16.1 Å². The quantitative estimate of drug-likeness (QED) is 0.312. The molecule has 2 amide bonds. The van der Waals surface area contributed by atoms with Gasteiger partial charge >= 0.3 is 6.03 Å². The van der Waals surface area contributed by atoms with Gasteiger partial charge < -0.3 is 15.6 Å². The minimum atomic E-state index is -0.920. The second kappa shape index (κ2) is 10.3. The standard InChI is InChI=1S/C23H20F2N6O2S/c1-13-8-19(18(25)9-17(13)24)29-23(33)31-22-28-11-16(21(32)30-22)15-4-2-14(3-5-15)10-26-12-20-27-6-7-34-20/h2-9,11,26H,10,12H2,1H3,(H3,28,29,30,31,32,33). The fourth-order valence-electron chi connectivity index (χ4n) is 3.14. The molecule has 8 nitrogen and oxygen atoms in total. The van der Waals surface area contributed by atoms with E-state index in [1.807, 2.05) is 29.6 Å². The van der Waals surface area contributed by atoms with Gasteiger partial charge in [-0.05, 0) is 29.7 Å². The number of nitrogens with zero attached hydrogens (tertiary/aromatic N) is 2. The molecule has 174 valence electrons. The van der Waals surface area contributed by atoms with Gasteiger partial charge in [-0.2, -0.15) is 4.98 Å². The number of aromatic amines is 1. The van der Waals surface area contributed by atoms with Crippen LogP contribution in [0.2, 0.25) is 0 Å². The van der Waals surface area contributed by atoms with Crippen LogP contribution in [0.3, 0.4) is 0 Å². The number of carbonyl (C=O) groups excluding carboxylic acids is 1. The number of urea groups is 1. The predicted molar refractivity (Wildman–Crippen MR) is 127 cm³/mol. The molecule has 4 rings (SSSR count). The third-order valence-corrected chi connectivity index (χ3v) is 5.66. The van der Waals surface area contributed by atoms with Crippen molar-refractivity contribution in [2.75, 3.05) is 10.6 Å². The zero-order valence-corrected chi connectivity index (χ0v) is 18.8. The number of thiazole rings is 1. The van der Waals surface area contributed by atoms with Crippen molar-refractivity contribution >= 4 is 29.0 Å². The molecule has 0 aliphatic carbocycles. The number of aromatic nitrogens is 3. The maximum Gasteiger partial charge on any atom is 0.326 e. The summed E-state index contributed by atoms with van der Waals surface area (Å²) in [5, 5.41) is 10.8. The largest absolute Gasteiger partial charge is 0.331 e. The Balaban J connectivity index is 1.37. The minimum absolute atomic E-state index is 0.117. The lowest BCUT2D eigenvalue weighted by Gasteiger charge is -2.09. The van der Waals surface area contributed by atoms with Crippen molar-refractivity contribution in [2.45, 2.75) is 20.0 Å². The third-order valence-electron chi connectivity index (χ3n) is 4.88. The second-order valence-corrected chi connectivity index (χ2v) is 8.33. The molecule has 0 aliphatic heterocycles. The van der Waals surface area contributed by atoms with E-state index >= 15 is 0 Å². The van der Waals surface area contributed by atoms with E-state index in [0.29, 0.717) is 30.3 Å². The van der Waals surface area contributed by atoms with Gasteiger partial charge in [0.25, 0.3) is 5.56 Å². The number of H-pyrrole nitrogens is 1. The summed E-state index contributed by atoms with van der Waals surface area (Å²) >= 11 is 1.59. The number of aryl methyl sites for hydroxylation is 1. The summed E-state index contributed by atoms with van der Waals surface area (Å²) in [6.45, 7) is 2.78. The summed E-state index contributed by atoms with van der Waals surface area (Å²) in [7, 11) is 0. The summed E-state index contributed by atoms with van der Waals surface area (Å²) in [6, 6.07) is 8.45. The number of benzene rings is 2. The average molecular weight is 483 g/mol. The van der Waals surface area contributed by atoms with Gasteiger partial charge in [0, 0.05) is 36.9 Å². The van der Waals surface area contributed by atoms with E-state index in [9.17, 15) is 18.4 Å². The van der Waals surface area contributed by atoms with Crippen LogP contribution in [0, 0.1) is 18.6 Å². The van der Waals surface area contributed by atoms with E-state index < -0.39 is 23.2 Å². The first-order valence-electron chi connectivity index (χ1n) is 10.2. The minimum Gasteiger partial charge on any atom is -0.331 e. The molecule has 4 N–H and O–H groups in total. The molecule has 2 heterocycles. The van der Waals surface area contributed by atoms with Crippen molar-refractivity contribution in [3.05, 3.63) is 92.3 Å². The molecule has 0 atom stereocenters. The maximum absolute atomic E-state index is 13.8. The molecule has 34 heavy (non-hydrogen) atoms. The predicted octanol–water partition coefficient (Wildman–Crippen LogP) is 4.41. The van der Waals surface area contributed by atoms with E-state index in [2.05, 4.69) is 30.9 Å². The third kappa shape index (κ3) is 5.69. The van der Waals surface area contributed by atoms with Crippen LogP contribution >= 0.6 is 11.3 Å². The Morgan fingerprint density at radius 2 is 1.88 bits per heavy atom. The normalized spacial score (nSPS) is 10.8. The highest BCUT2D eigenvalue weighted by molar-refractivity contribution is 7.09. The highest BCUT2D eigenvalue weighted by Crippen LogP contribution is 2.19. The van der Waals surface area contributed by atoms with Crippen molar-refractivity contribution in [1.82, 2.24) is 20.3 Å². The van der Waals surface area contributed by atoms with Crippen molar-refractivity contribution in [3.63, 3.8) is 0 Å². The first kappa shape index (κ1) is 23.2. The van der Waals surface area contributed by atoms with Crippen molar-refractivity contribution < 1.29 is 13.6 Å². The van der Waals surface area contributed by atoms with Crippen LogP contribution < -0.4 is 21.5 Å². The number of hydrogen-bond donors (Lipinski definition) is 4. The number of amides is 2. The number of anilines is 2. The van der Waals surface area contributed by atoms with Gasteiger partial charge in [-0.15, -0.1) is 11.3 Å². The van der Waals surface area contributed by atoms with Gasteiger partial charge in [0.2, 0.25) is 5.95 Å². The van der Waals surface area contributed by atoms with Crippen LogP contribution in [0.5, 0.6) is 0 Å². The molecule has 0 saturated carbocycles. The molecule has 4 aromatic rings. The molecule has 0 radical (unpaired) electrons. The Morgan fingerprint density at radius 1 is 1.09 bits per heavy atom. The number of carbonyl (C=O) groups is 1. The molecular weight excluding hydrogens is 462 g/mol. The highest BCUT2D eigenvalue weighted by Gasteiger charge is 2.12. The number of halogens is 2. The SMILES string of the molecule is Cc1cc(NC(=O)Nc2nc(=O)c(-c3ccc(CNCc4nccs4)cc3)c[nH]2)c(F)cc1F. The fourth-order valence-corrected chi connectivity index (χ4v) is 3.72. The second-order valence-electron chi connectivity index (χ2n) is 7.35. The number of nitrogens with one attached hydrogen (secondary N) is 4. The molecule has 0 fully saturated rings. The average Bonchev–Trinajstić information content (AvgIpc) is 3.32. The molecule has 0 spiro atoms. The van der Waals surface area contributed by atoms with Crippen LogP contribution in [-0.4, -0.2) is 21.0 Å². The molecule has 2 aromatic heterocycles. The van der Waals surface area contributed by atoms with Crippen LogP contribution in [-0.2, 0) is 13.1 Å². The number of rotatable bonds is 7. The zero-order valence-electron chi connectivity index (χ0n) is 18.0. The van der Waals surface area contributed by atoms with Gasteiger partial charge in [-0.25, -0.2) is 18.6 Å². The van der Waals surface area contributed by atoms with E-state index in [4.69, 9.17) is 0 Å². The first-order chi connectivity index (χ1) is 16.4. The number of hydrogen-bond acceptors (Lipinski definition) is 6. The Morgan fingerprint density at radius 3 is 2.59 bits per heavy atom. The van der Waals surface area contributed by atoms with Gasteiger partial charge in [0.05, 0.1) is 11.3 Å².